The van der Waals surface area contributed by atoms with E-state index in [0.717, 1.165) is 19.3 Å². The Kier molecular flexibility index (Phi) is 8.95. The standard InChI is InChI=1S/C17H22FN5O2.2ClH/c18-11-7-13(16-14(8-11)21-10-22-16)17(25)23-6-2-1-3-12(23)9-20-15(24)4-5-19;;/h7-8,10,12H,1-6,9,19H2,(H,20,24)(H,21,22);2*1H. The maximum Gasteiger partial charge on any atom is 0.256 e. The molecule has 0 saturated carbocycles. The first kappa shape index (κ1) is 23.1. The number of rotatable bonds is 5. The van der Waals surface area contributed by atoms with Gasteiger partial charge < -0.3 is 20.9 Å². The molecule has 0 radical (unpaired) electrons. The largest absolute Gasteiger partial charge is 0.354 e. The smallest absolute Gasteiger partial charge is 0.256 e. The fourth-order valence-electron chi connectivity index (χ4n) is 3.26. The van der Waals surface area contributed by atoms with Crippen LogP contribution in [0, 0.1) is 5.82 Å². The quantitative estimate of drug-likeness (QED) is 0.688. The highest BCUT2D eigenvalue weighted by molar-refractivity contribution is 6.05. The Bertz CT molecular complexity index is 786. The summed E-state index contributed by atoms with van der Waals surface area (Å²) in [6, 6.07) is 2.43. The van der Waals surface area contributed by atoms with E-state index in [1.54, 1.807) is 4.90 Å². The number of nitrogens with two attached hydrogens (primary N) is 1. The molecule has 0 bridgehead atoms. The van der Waals surface area contributed by atoms with Gasteiger partial charge in [0.1, 0.15) is 11.3 Å². The number of nitrogens with one attached hydrogen (secondary N) is 2. The Morgan fingerprint density at radius 3 is 2.85 bits per heavy atom. The first-order chi connectivity index (χ1) is 12.1. The summed E-state index contributed by atoms with van der Waals surface area (Å²) in [5.41, 5.74) is 6.58. The zero-order valence-corrected chi connectivity index (χ0v) is 16.4. The fraction of sp³-hybridized carbons (Fsp3) is 0.471. The van der Waals surface area contributed by atoms with Crippen LogP contribution in [0.15, 0.2) is 18.5 Å². The first-order valence-electron chi connectivity index (χ1n) is 8.50. The highest BCUT2D eigenvalue weighted by atomic mass is 35.5. The van der Waals surface area contributed by atoms with Gasteiger partial charge in [0.25, 0.3) is 5.91 Å². The summed E-state index contributed by atoms with van der Waals surface area (Å²) in [7, 11) is 0. The Morgan fingerprint density at radius 2 is 2.11 bits per heavy atom. The maximum absolute atomic E-state index is 13.9. The normalized spacial score (nSPS) is 16.4. The molecular formula is C17H24Cl2FN5O2. The van der Waals surface area contributed by atoms with Crippen molar-refractivity contribution in [2.75, 3.05) is 19.6 Å². The molecule has 0 aliphatic carbocycles. The minimum absolute atomic E-state index is 0. The van der Waals surface area contributed by atoms with E-state index in [9.17, 15) is 14.0 Å². The molecule has 2 aromatic rings. The molecule has 7 nitrogen and oxygen atoms in total. The third-order valence-electron chi connectivity index (χ3n) is 4.51. The van der Waals surface area contributed by atoms with Gasteiger partial charge in [-0.3, -0.25) is 9.59 Å². The summed E-state index contributed by atoms with van der Waals surface area (Å²) >= 11 is 0. The number of carbonyl (C=O) groups is 2. The minimum Gasteiger partial charge on any atom is -0.354 e. The van der Waals surface area contributed by atoms with Crippen LogP contribution >= 0.6 is 24.8 Å². The van der Waals surface area contributed by atoms with Crippen LogP contribution < -0.4 is 11.1 Å². The topological polar surface area (TPSA) is 104 Å². The first-order valence-corrected chi connectivity index (χ1v) is 8.50. The molecule has 27 heavy (non-hydrogen) atoms. The summed E-state index contributed by atoms with van der Waals surface area (Å²) < 4.78 is 13.9. The molecule has 1 unspecified atom stereocenters. The van der Waals surface area contributed by atoms with Crippen molar-refractivity contribution in [2.24, 2.45) is 5.73 Å². The van der Waals surface area contributed by atoms with Gasteiger partial charge in [-0.2, -0.15) is 0 Å². The number of halogens is 3. The number of hydrogen-bond donors (Lipinski definition) is 3. The monoisotopic (exact) mass is 419 g/mol. The van der Waals surface area contributed by atoms with Gasteiger partial charge in [-0.15, -0.1) is 24.8 Å². The number of fused-ring (bicyclic) bond motifs is 1. The van der Waals surface area contributed by atoms with Crippen molar-refractivity contribution in [3.8, 4) is 0 Å². The van der Waals surface area contributed by atoms with Gasteiger partial charge >= 0.3 is 0 Å². The Morgan fingerprint density at radius 1 is 1.33 bits per heavy atom. The average Bonchev–Trinajstić information content (AvgIpc) is 3.07. The van der Waals surface area contributed by atoms with Gasteiger partial charge in [-0.25, -0.2) is 9.37 Å². The molecule has 4 N–H and O–H groups in total. The minimum atomic E-state index is -0.482. The summed E-state index contributed by atoms with van der Waals surface area (Å²) in [5, 5.41) is 2.82. The van der Waals surface area contributed by atoms with Crippen molar-refractivity contribution in [1.82, 2.24) is 20.2 Å². The van der Waals surface area contributed by atoms with Gasteiger partial charge in [0, 0.05) is 32.1 Å². The van der Waals surface area contributed by atoms with E-state index in [1.807, 2.05) is 0 Å². The predicted octanol–water partition coefficient (Wildman–Crippen LogP) is 2.01. The molecule has 1 saturated heterocycles. The molecule has 2 heterocycles. The summed E-state index contributed by atoms with van der Waals surface area (Å²) in [5.74, 6) is -0.861. The van der Waals surface area contributed by atoms with Gasteiger partial charge in [-0.05, 0) is 31.4 Å². The number of carbonyl (C=O) groups excluding carboxylic acids is 2. The Hall–Kier alpha value is -1.90. The zero-order chi connectivity index (χ0) is 17.8. The fourth-order valence-corrected chi connectivity index (χ4v) is 3.26. The number of aromatic nitrogens is 2. The number of likely N-dealkylation sites (tertiary alicyclic amines) is 1. The Balaban J connectivity index is 0.00000182. The second-order valence-electron chi connectivity index (χ2n) is 6.24. The molecule has 2 amide bonds. The van der Waals surface area contributed by atoms with E-state index in [2.05, 4.69) is 15.3 Å². The van der Waals surface area contributed by atoms with Crippen molar-refractivity contribution in [1.29, 1.82) is 0 Å². The number of piperidine rings is 1. The molecule has 1 aromatic carbocycles. The second-order valence-corrected chi connectivity index (χ2v) is 6.24. The number of amides is 2. The van der Waals surface area contributed by atoms with E-state index in [-0.39, 0.29) is 54.7 Å². The summed E-state index contributed by atoms with van der Waals surface area (Å²) in [6.45, 7) is 1.25. The highest BCUT2D eigenvalue weighted by Crippen LogP contribution is 2.23. The van der Waals surface area contributed by atoms with Crippen LogP contribution in [-0.2, 0) is 4.79 Å². The lowest BCUT2D eigenvalue weighted by Gasteiger charge is -2.36. The van der Waals surface area contributed by atoms with Crippen LogP contribution in [-0.4, -0.2) is 52.4 Å². The van der Waals surface area contributed by atoms with Crippen molar-refractivity contribution in [3.63, 3.8) is 0 Å². The van der Waals surface area contributed by atoms with Crippen LogP contribution in [0.25, 0.3) is 11.0 Å². The van der Waals surface area contributed by atoms with Crippen LogP contribution in [0.3, 0.4) is 0 Å². The van der Waals surface area contributed by atoms with E-state index in [0.29, 0.717) is 30.7 Å². The molecule has 1 fully saturated rings. The van der Waals surface area contributed by atoms with Crippen molar-refractivity contribution in [2.45, 2.75) is 31.7 Å². The lowest BCUT2D eigenvalue weighted by Crippen LogP contribution is -2.49. The highest BCUT2D eigenvalue weighted by Gasteiger charge is 2.29. The van der Waals surface area contributed by atoms with Gasteiger partial charge in [0.15, 0.2) is 0 Å². The lowest BCUT2D eigenvalue weighted by molar-refractivity contribution is -0.121. The molecule has 0 spiro atoms. The lowest BCUT2D eigenvalue weighted by atomic mass is 10.00. The van der Waals surface area contributed by atoms with Crippen molar-refractivity contribution in [3.05, 3.63) is 29.8 Å². The molecule has 1 aliphatic rings. The average molecular weight is 420 g/mol. The van der Waals surface area contributed by atoms with Crippen molar-refractivity contribution >= 4 is 47.7 Å². The van der Waals surface area contributed by atoms with E-state index < -0.39 is 5.82 Å². The van der Waals surface area contributed by atoms with Gasteiger partial charge in [0.2, 0.25) is 5.91 Å². The van der Waals surface area contributed by atoms with Crippen LogP contribution in [0.5, 0.6) is 0 Å². The molecule has 3 rings (SSSR count). The second kappa shape index (κ2) is 10.4. The van der Waals surface area contributed by atoms with E-state index >= 15 is 0 Å². The molecule has 1 aliphatic heterocycles. The van der Waals surface area contributed by atoms with Crippen molar-refractivity contribution < 1.29 is 14.0 Å². The zero-order valence-electron chi connectivity index (χ0n) is 14.7. The molecule has 1 atom stereocenters. The number of H-pyrrole nitrogens is 1. The maximum atomic E-state index is 13.9. The molecule has 1 aromatic heterocycles. The summed E-state index contributed by atoms with van der Waals surface area (Å²) in [6.07, 6.45) is 4.38. The SMILES string of the molecule is Cl.Cl.NCCC(=O)NCC1CCCCN1C(=O)c1cc(F)cc2[nH]cnc12. The van der Waals surface area contributed by atoms with Gasteiger partial charge in [0.05, 0.1) is 17.4 Å². The van der Waals surface area contributed by atoms with E-state index in [1.165, 1.54) is 18.5 Å². The third-order valence-corrected chi connectivity index (χ3v) is 4.51. The predicted molar refractivity (Wildman–Crippen MR) is 106 cm³/mol. The Labute approximate surface area is 169 Å². The third kappa shape index (κ3) is 5.31. The number of aromatic amines is 1. The number of benzene rings is 1. The van der Waals surface area contributed by atoms with Crippen LogP contribution in [0.4, 0.5) is 4.39 Å². The molecule has 10 heteroatoms. The number of nitrogens with zero attached hydrogens (tertiary/aromatic N) is 2. The number of hydrogen-bond acceptors (Lipinski definition) is 4. The van der Waals surface area contributed by atoms with Gasteiger partial charge in [-0.1, -0.05) is 0 Å². The van der Waals surface area contributed by atoms with E-state index in [4.69, 9.17) is 5.73 Å². The molecular weight excluding hydrogens is 396 g/mol. The number of imidazole rings is 1. The van der Waals surface area contributed by atoms with Crippen LogP contribution in [0.2, 0.25) is 0 Å². The summed E-state index contributed by atoms with van der Waals surface area (Å²) in [4.78, 5) is 33.4. The molecule has 150 valence electrons. The van der Waals surface area contributed by atoms with Crippen LogP contribution in [0.1, 0.15) is 36.0 Å².